The Balaban J connectivity index is 1.16. The Kier molecular flexibility index (Phi) is 7.02. The van der Waals surface area contributed by atoms with E-state index in [1.54, 1.807) is 6.07 Å². The van der Waals surface area contributed by atoms with E-state index in [1.165, 1.54) is 4.90 Å². The van der Waals surface area contributed by atoms with E-state index >= 15 is 0 Å². The van der Waals surface area contributed by atoms with Crippen LogP contribution in [-0.4, -0.2) is 51.8 Å². The summed E-state index contributed by atoms with van der Waals surface area (Å²) < 4.78 is 1.92. The van der Waals surface area contributed by atoms with Crippen molar-refractivity contribution in [2.24, 2.45) is 13.0 Å². The van der Waals surface area contributed by atoms with Crippen molar-refractivity contribution in [3.8, 4) is 0 Å². The van der Waals surface area contributed by atoms with Crippen LogP contribution in [0, 0.1) is 5.92 Å². The van der Waals surface area contributed by atoms with Gasteiger partial charge in [-0.05, 0) is 61.2 Å². The minimum atomic E-state index is -0.323. The molecule has 2 aliphatic heterocycles. The number of aromatic nitrogens is 2. The quantitative estimate of drug-likeness (QED) is 0.337. The fraction of sp³-hybridized carbons (Fsp3) is 0.290. The lowest BCUT2D eigenvalue weighted by Crippen LogP contribution is -2.44. The van der Waals surface area contributed by atoms with Crippen LogP contribution in [0.4, 0.5) is 5.69 Å². The molecule has 0 saturated carbocycles. The summed E-state index contributed by atoms with van der Waals surface area (Å²) in [5, 5.41) is 3.75. The van der Waals surface area contributed by atoms with Crippen molar-refractivity contribution in [3.63, 3.8) is 0 Å². The highest BCUT2D eigenvalue weighted by Gasteiger charge is 2.40. The van der Waals surface area contributed by atoms with E-state index in [0.717, 1.165) is 36.0 Å². The SMILES string of the molecule is Cn1c(CN2C(=O)c3cccc(N4CCC[C@@H](C(=O)NCCc5cccc(Cl)c5)C4)c3C2=O)nc2ccccc21. The third-order valence-corrected chi connectivity index (χ3v) is 8.13. The number of imidazole rings is 1. The van der Waals surface area contributed by atoms with Crippen LogP contribution in [0.3, 0.4) is 0 Å². The number of imide groups is 1. The zero-order valence-corrected chi connectivity index (χ0v) is 23.0. The van der Waals surface area contributed by atoms with Crippen molar-refractivity contribution in [3.05, 3.63) is 94.3 Å². The minimum absolute atomic E-state index is 0.00480. The number of nitrogens with one attached hydrogen (secondary N) is 1. The summed E-state index contributed by atoms with van der Waals surface area (Å²) in [5.41, 5.74) is 4.36. The number of nitrogens with zero attached hydrogens (tertiary/aromatic N) is 4. The molecule has 3 aromatic carbocycles. The van der Waals surface area contributed by atoms with Gasteiger partial charge in [-0.1, -0.05) is 41.9 Å². The van der Waals surface area contributed by atoms with Crippen LogP contribution in [0.2, 0.25) is 5.02 Å². The number of rotatable bonds is 7. The monoisotopic (exact) mass is 555 g/mol. The fourth-order valence-corrected chi connectivity index (χ4v) is 5.99. The van der Waals surface area contributed by atoms with Gasteiger partial charge in [0.15, 0.2) is 0 Å². The Labute approximate surface area is 237 Å². The van der Waals surface area contributed by atoms with Crippen LogP contribution in [0.1, 0.15) is 44.9 Å². The van der Waals surface area contributed by atoms with Crippen LogP contribution in [0.15, 0.2) is 66.7 Å². The van der Waals surface area contributed by atoms with E-state index in [1.807, 2.05) is 72.3 Å². The zero-order chi connectivity index (χ0) is 27.8. The number of hydrogen-bond donors (Lipinski definition) is 1. The van der Waals surface area contributed by atoms with Crippen molar-refractivity contribution < 1.29 is 14.4 Å². The Morgan fingerprint density at radius 1 is 1.05 bits per heavy atom. The molecule has 1 N–H and O–H groups in total. The highest BCUT2D eigenvalue weighted by molar-refractivity contribution is 6.30. The predicted molar refractivity (Wildman–Crippen MR) is 154 cm³/mol. The Bertz CT molecular complexity index is 1630. The third kappa shape index (κ3) is 4.84. The number of anilines is 1. The molecular formula is C31H30ClN5O3. The number of aryl methyl sites for hydroxylation is 1. The molecule has 1 fully saturated rings. The van der Waals surface area contributed by atoms with Gasteiger partial charge in [-0.15, -0.1) is 0 Å². The zero-order valence-electron chi connectivity index (χ0n) is 22.3. The summed E-state index contributed by atoms with van der Waals surface area (Å²) in [6.07, 6.45) is 2.30. The Morgan fingerprint density at radius 2 is 1.88 bits per heavy atom. The summed E-state index contributed by atoms with van der Waals surface area (Å²) >= 11 is 6.07. The molecule has 0 aliphatic carbocycles. The largest absolute Gasteiger partial charge is 0.370 e. The highest BCUT2D eigenvalue weighted by atomic mass is 35.5. The number of fused-ring (bicyclic) bond motifs is 2. The molecule has 4 aromatic rings. The lowest BCUT2D eigenvalue weighted by molar-refractivity contribution is -0.125. The van der Waals surface area contributed by atoms with Gasteiger partial charge in [0.2, 0.25) is 5.91 Å². The molecule has 1 atom stereocenters. The van der Waals surface area contributed by atoms with Crippen LogP contribution in [0.5, 0.6) is 0 Å². The summed E-state index contributed by atoms with van der Waals surface area (Å²) in [5.74, 6) is -0.195. The lowest BCUT2D eigenvalue weighted by Gasteiger charge is -2.34. The van der Waals surface area contributed by atoms with Crippen molar-refractivity contribution in [1.82, 2.24) is 19.8 Å². The average molecular weight is 556 g/mol. The number of hydrogen-bond acceptors (Lipinski definition) is 5. The Hall–Kier alpha value is -4.17. The number of para-hydroxylation sites is 2. The number of carbonyl (C=O) groups excluding carboxylic acids is 3. The molecular weight excluding hydrogens is 526 g/mol. The van der Waals surface area contributed by atoms with E-state index in [-0.39, 0.29) is 30.2 Å². The van der Waals surface area contributed by atoms with E-state index in [9.17, 15) is 14.4 Å². The first-order valence-electron chi connectivity index (χ1n) is 13.6. The molecule has 1 aromatic heterocycles. The van der Waals surface area contributed by atoms with Gasteiger partial charge in [-0.2, -0.15) is 0 Å². The molecule has 2 aliphatic rings. The fourth-order valence-electron chi connectivity index (χ4n) is 5.78. The second kappa shape index (κ2) is 10.8. The van der Waals surface area contributed by atoms with Crippen LogP contribution < -0.4 is 10.2 Å². The predicted octanol–water partition coefficient (Wildman–Crippen LogP) is 4.60. The topological polar surface area (TPSA) is 87.5 Å². The summed E-state index contributed by atoms with van der Waals surface area (Å²) in [6, 6.07) is 20.8. The molecule has 6 rings (SSSR count). The molecule has 9 heteroatoms. The van der Waals surface area contributed by atoms with Gasteiger partial charge in [0.1, 0.15) is 5.82 Å². The van der Waals surface area contributed by atoms with E-state index in [4.69, 9.17) is 11.6 Å². The third-order valence-electron chi connectivity index (χ3n) is 7.89. The maximum atomic E-state index is 13.7. The normalized spacial score (nSPS) is 17.0. The van der Waals surface area contributed by atoms with Gasteiger partial charge in [0.25, 0.3) is 11.8 Å². The number of benzene rings is 3. The number of carbonyl (C=O) groups is 3. The number of piperidine rings is 1. The van der Waals surface area contributed by atoms with Gasteiger partial charge in [0, 0.05) is 31.7 Å². The first-order valence-corrected chi connectivity index (χ1v) is 13.9. The maximum Gasteiger partial charge on any atom is 0.264 e. The molecule has 0 spiro atoms. The second-order valence-electron chi connectivity index (χ2n) is 10.4. The number of halogens is 1. The van der Waals surface area contributed by atoms with Gasteiger partial charge in [-0.3, -0.25) is 19.3 Å². The minimum Gasteiger partial charge on any atom is -0.370 e. The molecule has 1 saturated heterocycles. The maximum absolute atomic E-state index is 13.7. The number of amides is 3. The van der Waals surface area contributed by atoms with Gasteiger partial charge < -0.3 is 14.8 Å². The van der Waals surface area contributed by atoms with E-state index < -0.39 is 0 Å². The molecule has 0 bridgehead atoms. The van der Waals surface area contributed by atoms with E-state index in [0.29, 0.717) is 47.2 Å². The molecule has 3 heterocycles. The van der Waals surface area contributed by atoms with Crippen molar-refractivity contribution >= 4 is 46.0 Å². The highest BCUT2D eigenvalue weighted by Crippen LogP contribution is 2.35. The summed E-state index contributed by atoms with van der Waals surface area (Å²) in [6.45, 7) is 1.83. The molecule has 3 amide bonds. The standard InChI is InChI=1S/C31H30ClN5O3/c1-35-25-12-3-2-11-24(25)34-27(35)19-37-30(39)23-10-5-13-26(28(23)31(37)40)36-16-6-8-21(18-36)29(38)33-15-14-20-7-4-9-22(32)17-20/h2-5,7,9-13,17,21H,6,8,14-16,18-19H2,1H3,(H,33,38)/t21-/m1/s1. The second-order valence-corrected chi connectivity index (χ2v) is 10.9. The van der Waals surface area contributed by atoms with Crippen LogP contribution >= 0.6 is 11.6 Å². The summed E-state index contributed by atoms with van der Waals surface area (Å²) in [4.78, 5) is 48.1. The molecule has 0 unspecified atom stereocenters. The summed E-state index contributed by atoms with van der Waals surface area (Å²) in [7, 11) is 1.89. The first kappa shape index (κ1) is 26.1. The van der Waals surface area contributed by atoms with Crippen LogP contribution in [0.25, 0.3) is 11.0 Å². The van der Waals surface area contributed by atoms with Gasteiger partial charge in [-0.25, -0.2) is 4.98 Å². The lowest BCUT2D eigenvalue weighted by atomic mass is 9.95. The Morgan fingerprint density at radius 3 is 2.70 bits per heavy atom. The van der Waals surface area contributed by atoms with E-state index in [2.05, 4.69) is 15.2 Å². The molecule has 8 nitrogen and oxygen atoms in total. The van der Waals surface area contributed by atoms with Crippen molar-refractivity contribution in [1.29, 1.82) is 0 Å². The first-order chi connectivity index (χ1) is 19.4. The molecule has 40 heavy (non-hydrogen) atoms. The van der Waals surface area contributed by atoms with Crippen molar-refractivity contribution in [2.75, 3.05) is 24.5 Å². The smallest absolute Gasteiger partial charge is 0.264 e. The van der Waals surface area contributed by atoms with Crippen molar-refractivity contribution in [2.45, 2.75) is 25.8 Å². The van der Waals surface area contributed by atoms with Gasteiger partial charge >= 0.3 is 0 Å². The molecule has 0 radical (unpaired) electrons. The van der Waals surface area contributed by atoms with Crippen LogP contribution in [-0.2, 0) is 24.8 Å². The van der Waals surface area contributed by atoms with Gasteiger partial charge in [0.05, 0.1) is 40.3 Å². The molecule has 204 valence electrons. The average Bonchev–Trinajstić information content (AvgIpc) is 3.41.